The fraction of sp³-hybridized carbons (Fsp3) is 0.833. The van der Waals surface area contributed by atoms with Crippen LogP contribution in [0, 0.1) is 16.7 Å². The lowest BCUT2D eigenvalue weighted by molar-refractivity contribution is -0.130. The molecule has 0 heterocycles. The Hall–Kier alpha value is -1.04. The highest BCUT2D eigenvalue weighted by Gasteiger charge is 2.36. The minimum absolute atomic E-state index is 0.0223. The second-order valence-corrected chi connectivity index (χ2v) is 5.46. The molecule has 0 aromatic carbocycles. The minimum Gasteiger partial charge on any atom is -0.337 e. The summed E-state index contributed by atoms with van der Waals surface area (Å²) >= 11 is 0. The van der Waals surface area contributed by atoms with Crippen molar-refractivity contribution < 1.29 is 4.79 Å². The van der Waals surface area contributed by atoms with E-state index in [9.17, 15) is 10.1 Å². The summed E-state index contributed by atoms with van der Waals surface area (Å²) in [5.74, 6) is -0.0223. The number of carbonyl (C=O) groups excluding carboxylic acids is 1. The van der Waals surface area contributed by atoms with Gasteiger partial charge in [0.25, 0.3) is 0 Å². The van der Waals surface area contributed by atoms with Crippen molar-refractivity contribution in [1.29, 1.82) is 5.26 Å². The maximum Gasteiger partial charge on any atom is 0.226 e. The molecule has 0 unspecified atom stereocenters. The summed E-state index contributed by atoms with van der Waals surface area (Å²) in [4.78, 5) is 11.8. The number of amides is 1. The van der Waals surface area contributed by atoms with Crippen molar-refractivity contribution in [2.45, 2.75) is 58.4 Å². The van der Waals surface area contributed by atoms with Crippen LogP contribution in [0.2, 0.25) is 0 Å². The number of nitrogens with zero attached hydrogens (tertiary/aromatic N) is 1. The lowest BCUT2D eigenvalue weighted by Crippen LogP contribution is -2.52. The van der Waals surface area contributed by atoms with Crippen LogP contribution in [0.1, 0.15) is 52.9 Å². The molecular formula is C12H20N2O. The third-order valence-corrected chi connectivity index (χ3v) is 2.96. The molecule has 1 rings (SSSR count). The van der Waals surface area contributed by atoms with E-state index in [1.54, 1.807) is 0 Å². The van der Waals surface area contributed by atoms with Crippen molar-refractivity contribution in [1.82, 2.24) is 5.32 Å². The molecule has 0 saturated heterocycles. The maximum absolute atomic E-state index is 11.8. The number of carbonyl (C=O) groups is 1. The van der Waals surface area contributed by atoms with Crippen molar-refractivity contribution in [3.05, 3.63) is 0 Å². The molecule has 1 amide bonds. The summed E-state index contributed by atoms with van der Waals surface area (Å²) in [6, 6.07) is 2.29. The molecule has 1 aliphatic carbocycles. The molecule has 0 aromatic heterocycles. The van der Waals surface area contributed by atoms with Crippen LogP contribution in [0.4, 0.5) is 0 Å². The lowest BCUT2D eigenvalue weighted by Gasteiger charge is -2.34. The van der Waals surface area contributed by atoms with E-state index in [1.807, 2.05) is 20.8 Å². The Morgan fingerprint density at radius 2 is 1.80 bits per heavy atom. The quantitative estimate of drug-likeness (QED) is 0.719. The zero-order valence-electron chi connectivity index (χ0n) is 9.89. The summed E-state index contributed by atoms with van der Waals surface area (Å²) in [6.07, 6.45) is 4.85. The molecule has 0 aliphatic heterocycles. The largest absolute Gasteiger partial charge is 0.337 e. The number of nitriles is 1. The van der Waals surface area contributed by atoms with Crippen LogP contribution in [-0.2, 0) is 4.79 Å². The van der Waals surface area contributed by atoms with Gasteiger partial charge in [0.2, 0.25) is 5.91 Å². The summed E-state index contributed by atoms with van der Waals surface area (Å²) in [7, 11) is 0. The molecule has 1 saturated carbocycles. The third-order valence-electron chi connectivity index (χ3n) is 2.96. The van der Waals surface area contributed by atoms with Crippen molar-refractivity contribution in [3.63, 3.8) is 0 Å². The Kier molecular flexibility index (Phi) is 3.38. The van der Waals surface area contributed by atoms with Crippen molar-refractivity contribution in [3.8, 4) is 6.07 Å². The normalized spacial score (nSPS) is 20.4. The first kappa shape index (κ1) is 12.0. The van der Waals surface area contributed by atoms with Crippen molar-refractivity contribution in [2.75, 3.05) is 0 Å². The van der Waals surface area contributed by atoms with Gasteiger partial charge >= 0.3 is 0 Å². The zero-order valence-corrected chi connectivity index (χ0v) is 9.89. The van der Waals surface area contributed by atoms with E-state index < -0.39 is 11.0 Å². The van der Waals surface area contributed by atoms with Gasteiger partial charge in [0.15, 0.2) is 0 Å². The number of nitrogens with one attached hydrogen (secondary N) is 1. The van der Waals surface area contributed by atoms with Crippen LogP contribution in [-0.4, -0.2) is 11.4 Å². The van der Waals surface area contributed by atoms with Crippen LogP contribution in [0.25, 0.3) is 0 Å². The highest BCUT2D eigenvalue weighted by molar-refractivity contribution is 5.82. The fourth-order valence-electron chi connectivity index (χ4n) is 1.82. The fourth-order valence-corrected chi connectivity index (χ4v) is 1.82. The van der Waals surface area contributed by atoms with E-state index in [1.165, 1.54) is 6.42 Å². The second kappa shape index (κ2) is 4.22. The molecule has 1 N–H and O–H groups in total. The Morgan fingerprint density at radius 1 is 1.27 bits per heavy atom. The zero-order chi connectivity index (χ0) is 11.5. The van der Waals surface area contributed by atoms with Crippen LogP contribution in [0.5, 0.6) is 0 Å². The minimum atomic E-state index is -0.595. The molecule has 1 aliphatic rings. The van der Waals surface area contributed by atoms with E-state index in [4.69, 9.17) is 0 Å². The van der Waals surface area contributed by atoms with Gasteiger partial charge in [-0.3, -0.25) is 4.79 Å². The predicted octanol–water partition coefficient (Wildman–Crippen LogP) is 2.38. The SMILES string of the molecule is CC(C)(C)C(=O)NC1(C#N)CCCCC1. The van der Waals surface area contributed by atoms with Gasteiger partial charge in [-0.15, -0.1) is 0 Å². The standard InChI is InChI=1S/C12H20N2O/c1-11(2,3)10(15)14-12(9-13)7-5-4-6-8-12/h4-8H2,1-3H3,(H,14,15). The maximum atomic E-state index is 11.8. The monoisotopic (exact) mass is 208 g/mol. The van der Waals surface area contributed by atoms with E-state index >= 15 is 0 Å². The molecule has 3 nitrogen and oxygen atoms in total. The van der Waals surface area contributed by atoms with Gasteiger partial charge in [-0.2, -0.15) is 5.26 Å². The summed E-state index contributed by atoms with van der Waals surface area (Å²) < 4.78 is 0. The Balaban J connectivity index is 2.69. The van der Waals surface area contributed by atoms with Gasteiger partial charge in [0.1, 0.15) is 5.54 Å². The van der Waals surface area contributed by atoms with Crippen LogP contribution >= 0.6 is 0 Å². The number of hydrogen-bond acceptors (Lipinski definition) is 2. The highest BCUT2D eigenvalue weighted by Crippen LogP contribution is 2.28. The first-order valence-corrected chi connectivity index (χ1v) is 5.63. The van der Waals surface area contributed by atoms with Crippen LogP contribution < -0.4 is 5.32 Å². The summed E-state index contributed by atoms with van der Waals surface area (Å²) in [5, 5.41) is 12.1. The molecule has 3 heteroatoms. The summed E-state index contributed by atoms with van der Waals surface area (Å²) in [5.41, 5.74) is -1.01. The van der Waals surface area contributed by atoms with Crippen LogP contribution in [0.15, 0.2) is 0 Å². The molecule has 84 valence electrons. The lowest BCUT2D eigenvalue weighted by atomic mass is 9.81. The average Bonchev–Trinajstić information content (AvgIpc) is 2.18. The Labute approximate surface area is 91.9 Å². The Bertz CT molecular complexity index is 277. The third kappa shape index (κ3) is 2.95. The molecule has 15 heavy (non-hydrogen) atoms. The molecule has 0 atom stereocenters. The molecule has 0 radical (unpaired) electrons. The van der Waals surface area contributed by atoms with Crippen molar-refractivity contribution >= 4 is 5.91 Å². The van der Waals surface area contributed by atoms with Gasteiger partial charge in [0.05, 0.1) is 6.07 Å². The molecule has 0 bridgehead atoms. The van der Waals surface area contributed by atoms with Gasteiger partial charge in [-0.05, 0) is 12.8 Å². The van der Waals surface area contributed by atoms with E-state index in [2.05, 4.69) is 11.4 Å². The van der Waals surface area contributed by atoms with E-state index in [0.717, 1.165) is 25.7 Å². The molecular weight excluding hydrogens is 188 g/mol. The Morgan fingerprint density at radius 3 is 2.20 bits per heavy atom. The van der Waals surface area contributed by atoms with Gasteiger partial charge in [-0.1, -0.05) is 40.0 Å². The van der Waals surface area contributed by atoms with Crippen LogP contribution in [0.3, 0.4) is 0 Å². The van der Waals surface area contributed by atoms with Gasteiger partial charge < -0.3 is 5.32 Å². The number of rotatable bonds is 1. The average molecular weight is 208 g/mol. The summed E-state index contributed by atoms with van der Waals surface area (Å²) in [6.45, 7) is 5.61. The molecule has 0 aromatic rings. The second-order valence-electron chi connectivity index (χ2n) is 5.46. The molecule has 1 fully saturated rings. The van der Waals surface area contributed by atoms with Gasteiger partial charge in [-0.25, -0.2) is 0 Å². The topological polar surface area (TPSA) is 52.9 Å². The number of hydrogen-bond donors (Lipinski definition) is 1. The first-order chi connectivity index (χ1) is 6.90. The van der Waals surface area contributed by atoms with E-state index in [0.29, 0.717) is 0 Å². The first-order valence-electron chi connectivity index (χ1n) is 5.63. The highest BCUT2D eigenvalue weighted by atomic mass is 16.2. The van der Waals surface area contributed by atoms with Crippen molar-refractivity contribution in [2.24, 2.45) is 5.41 Å². The van der Waals surface area contributed by atoms with Gasteiger partial charge in [0, 0.05) is 5.41 Å². The molecule has 0 spiro atoms. The predicted molar refractivity (Wildman–Crippen MR) is 59.0 cm³/mol. The smallest absolute Gasteiger partial charge is 0.226 e. The van der Waals surface area contributed by atoms with E-state index in [-0.39, 0.29) is 5.91 Å².